The maximum absolute atomic E-state index is 11.3. The largest absolute Gasteiger partial charge is 0.497 e. The van der Waals surface area contributed by atoms with Gasteiger partial charge >= 0.3 is 5.97 Å². The molecule has 0 saturated carbocycles. The smallest absolute Gasteiger partial charge is 0.352 e. The van der Waals surface area contributed by atoms with E-state index in [0.717, 1.165) is 22.2 Å². The molecule has 0 aliphatic carbocycles. The summed E-state index contributed by atoms with van der Waals surface area (Å²) in [5, 5.41) is 10.2. The zero-order valence-corrected chi connectivity index (χ0v) is 10.2. The lowest BCUT2D eigenvalue weighted by molar-refractivity contribution is 0.0686. The molecule has 17 heavy (non-hydrogen) atoms. The Morgan fingerprint density at radius 2 is 2.18 bits per heavy atom. The number of carbonyl (C=O) groups is 1. The summed E-state index contributed by atoms with van der Waals surface area (Å²) in [6, 6.07) is 5.62. The summed E-state index contributed by atoms with van der Waals surface area (Å²) in [5.74, 6) is -0.144. The molecule has 0 spiro atoms. The van der Waals surface area contributed by atoms with Crippen LogP contribution in [0.15, 0.2) is 18.2 Å². The van der Waals surface area contributed by atoms with Gasteiger partial charge in [-0.05, 0) is 30.2 Å². The van der Waals surface area contributed by atoms with Crippen LogP contribution in [-0.2, 0) is 13.5 Å². The summed E-state index contributed by atoms with van der Waals surface area (Å²) in [6.07, 6.45) is 0.687. The van der Waals surface area contributed by atoms with Crippen molar-refractivity contribution in [3.05, 3.63) is 29.5 Å². The second-order valence-electron chi connectivity index (χ2n) is 3.93. The molecule has 4 nitrogen and oxygen atoms in total. The van der Waals surface area contributed by atoms with Gasteiger partial charge in [-0.15, -0.1) is 0 Å². The highest BCUT2D eigenvalue weighted by molar-refractivity contribution is 5.98. The topological polar surface area (TPSA) is 51.5 Å². The number of aromatic nitrogens is 1. The van der Waals surface area contributed by atoms with Crippen molar-refractivity contribution < 1.29 is 14.6 Å². The fourth-order valence-corrected chi connectivity index (χ4v) is 2.26. The molecule has 90 valence electrons. The summed E-state index contributed by atoms with van der Waals surface area (Å²) in [7, 11) is 3.38. The molecule has 1 N–H and O–H groups in total. The van der Waals surface area contributed by atoms with Crippen molar-refractivity contribution >= 4 is 16.9 Å². The van der Waals surface area contributed by atoms with E-state index in [9.17, 15) is 9.90 Å². The second kappa shape index (κ2) is 4.13. The number of hydrogen-bond acceptors (Lipinski definition) is 2. The first-order chi connectivity index (χ1) is 8.10. The summed E-state index contributed by atoms with van der Waals surface area (Å²) < 4.78 is 6.89. The van der Waals surface area contributed by atoms with Crippen molar-refractivity contribution in [2.45, 2.75) is 13.3 Å². The predicted octanol–water partition coefficient (Wildman–Crippen LogP) is 2.45. The lowest BCUT2D eigenvalue weighted by Gasteiger charge is -2.01. The van der Waals surface area contributed by atoms with Gasteiger partial charge in [-0.1, -0.05) is 6.92 Å². The van der Waals surface area contributed by atoms with Crippen LogP contribution >= 0.6 is 0 Å². The minimum atomic E-state index is -0.889. The van der Waals surface area contributed by atoms with Crippen LogP contribution in [0.3, 0.4) is 0 Å². The molecule has 0 fully saturated rings. The third-order valence-corrected chi connectivity index (χ3v) is 3.07. The maximum Gasteiger partial charge on any atom is 0.352 e. The van der Waals surface area contributed by atoms with Crippen LogP contribution in [0.4, 0.5) is 0 Å². The number of nitrogens with zero attached hydrogens (tertiary/aromatic N) is 1. The lowest BCUT2D eigenvalue weighted by Crippen LogP contribution is -2.06. The number of benzene rings is 1. The number of carboxylic acids is 1. The van der Waals surface area contributed by atoms with E-state index in [0.29, 0.717) is 12.1 Å². The van der Waals surface area contributed by atoms with Gasteiger partial charge in [0.25, 0.3) is 0 Å². The average molecular weight is 233 g/mol. The zero-order valence-electron chi connectivity index (χ0n) is 10.2. The minimum Gasteiger partial charge on any atom is -0.497 e. The van der Waals surface area contributed by atoms with Gasteiger partial charge in [0.2, 0.25) is 0 Å². The summed E-state index contributed by atoms with van der Waals surface area (Å²) in [4.78, 5) is 11.3. The van der Waals surface area contributed by atoms with Crippen LogP contribution in [0.1, 0.15) is 23.0 Å². The van der Waals surface area contributed by atoms with Crippen molar-refractivity contribution in [1.82, 2.24) is 4.57 Å². The third-order valence-electron chi connectivity index (χ3n) is 3.07. The van der Waals surface area contributed by atoms with Crippen molar-refractivity contribution in [3.8, 4) is 5.75 Å². The Bertz CT molecular complexity index is 584. The number of methoxy groups -OCH3 is 1. The first kappa shape index (κ1) is 11.5. The Hall–Kier alpha value is -1.97. The Labute approximate surface area is 99.4 Å². The van der Waals surface area contributed by atoms with Crippen LogP contribution in [0.2, 0.25) is 0 Å². The lowest BCUT2D eigenvalue weighted by atomic mass is 10.1. The van der Waals surface area contributed by atoms with E-state index in [1.54, 1.807) is 18.7 Å². The molecular weight excluding hydrogens is 218 g/mol. The minimum absolute atomic E-state index is 0.357. The van der Waals surface area contributed by atoms with E-state index in [-0.39, 0.29) is 0 Å². The van der Waals surface area contributed by atoms with E-state index in [1.807, 2.05) is 25.1 Å². The number of rotatable bonds is 3. The molecule has 0 saturated heterocycles. The van der Waals surface area contributed by atoms with E-state index < -0.39 is 5.97 Å². The van der Waals surface area contributed by atoms with Crippen LogP contribution in [0.5, 0.6) is 5.75 Å². The molecule has 1 aromatic carbocycles. The van der Waals surface area contributed by atoms with Gasteiger partial charge in [0, 0.05) is 18.0 Å². The van der Waals surface area contributed by atoms with E-state index in [1.165, 1.54) is 0 Å². The Balaban J connectivity index is 2.84. The monoisotopic (exact) mass is 233 g/mol. The number of ether oxygens (including phenoxy) is 1. The second-order valence-corrected chi connectivity index (χ2v) is 3.93. The first-order valence-electron chi connectivity index (χ1n) is 5.48. The molecule has 0 aliphatic rings. The molecule has 1 heterocycles. The van der Waals surface area contributed by atoms with Crippen LogP contribution in [0.25, 0.3) is 10.9 Å². The molecule has 0 bridgehead atoms. The highest BCUT2D eigenvalue weighted by Gasteiger charge is 2.19. The molecule has 2 rings (SSSR count). The summed E-state index contributed by atoms with van der Waals surface area (Å²) in [6.45, 7) is 1.96. The van der Waals surface area contributed by atoms with Crippen molar-refractivity contribution in [1.29, 1.82) is 0 Å². The predicted molar refractivity (Wildman–Crippen MR) is 65.8 cm³/mol. The SMILES string of the molecule is CCc1c(C(=O)O)n(C)c2ccc(OC)cc12. The van der Waals surface area contributed by atoms with Gasteiger partial charge in [0.15, 0.2) is 0 Å². The molecule has 0 radical (unpaired) electrons. The first-order valence-corrected chi connectivity index (χ1v) is 5.48. The van der Waals surface area contributed by atoms with Gasteiger partial charge < -0.3 is 14.4 Å². The third kappa shape index (κ3) is 1.65. The standard InChI is InChI=1S/C13H15NO3/c1-4-9-10-7-8(17-3)5-6-11(10)14(2)12(9)13(15)16/h5-7H,4H2,1-3H3,(H,15,16). The van der Waals surface area contributed by atoms with E-state index >= 15 is 0 Å². The van der Waals surface area contributed by atoms with Gasteiger partial charge in [0.05, 0.1) is 7.11 Å². The van der Waals surface area contributed by atoms with Crippen molar-refractivity contribution in [2.24, 2.45) is 7.05 Å². The summed E-state index contributed by atoms with van der Waals surface area (Å²) in [5.41, 5.74) is 2.13. The fourth-order valence-electron chi connectivity index (χ4n) is 2.26. The van der Waals surface area contributed by atoms with Crippen LogP contribution in [0, 0.1) is 0 Å². The number of fused-ring (bicyclic) bond motifs is 1. The maximum atomic E-state index is 11.3. The molecule has 0 amide bonds. The Kier molecular flexibility index (Phi) is 2.79. The molecule has 0 unspecified atom stereocenters. The highest BCUT2D eigenvalue weighted by atomic mass is 16.5. The normalized spacial score (nSPS) is 10.8. The van der Waals surface area contributed by atoms with E-state index in [2.05, 4.69) is 0 Å². The van der Waals surface area contributed by atoms with Crippen LogP contribution in [-0.4, -0.2) is 22.8 Å². The average Bonchev–Trinajstić information content (AvgIpc) is 2.61. The Morgan fingerprint density at radius 1 is 1.47 bits per heavy atom. The number of hydrogen-bond donors (Lipinski definition) is 1. The van der Waals surface area contributed by atoms with Crippen molar-refractivity contribution in [2.75, 3.05) is 7.11 Å². The van der Waals surface area contributed by atoms with Gasteiger partial charge in [-0.25, -0.2) is 4.79 Å². The number of carboxylic acid groups (broad SMARTS) is 1. The highest BCUT2D eigenvalue weighted by Crippen LogP contribution is 2.29. The van der Waals surface area contributed by atoms with Crippen molar-refractivity contribution in [3.63, 3.8) is 0 Å². The molecular formula is C13H15NO3. The zero-order chi connectivity index (χ0) is 12.6. The Morgan fingerprint density at radius 3 is 2.71 bits per heavy atom. The molecule has 2 aromatic rings. The molecule has 0 atom stereocenters. The number of aromatic carboxylic acids is 1. The van der Waals surface area contributed by atoms with E-state index in [4.69, 9.17) is 4.74 Å². The summed E-state index contributed by atoms with van der Waals surface area (Å²) >= 11 is 0. The quantitative estimate of drug-likeness (QED) is 0.885. The van der Waals surface area contributed by atoms with Crippen LogP contribution < -0.4 is 4.74 Å². The van der Waals surface area contributed by atoms with Gasteiger partial charge in [0.1, 0.15) is 11.4 Å². The van der Waals surface area contributed by atoms with Gasteiger partial charge in [-0.2, -0.15) is 0 Å². The number of aryl methyl sites for hydroxylation is 2. The molecule has 0 aliphatic heterocycles. The fraction of sp³-hybridized carbons (Fsp3) is 0.308. The van der Waals surface area contributed by atoms with Gasteiger partial charge in [-0.3, -0.25) is 0 Å². The molecule has 4 heteroatoms. The molecule has 1 aromatic heterocycles.